The van der Waals surface area contributed by atoms with E-state index in [0.29, 0.717) is 17.1 Å². The van der Waals surface area contributed by atoms with Crippen LogP contribution in [0.4, 0.5) is 17.1 Å². The summed E-state index contributed by atoms with van der Waals surface area (Å²) in [5.41, 5.74) is 12.3. The zero-order chi connectivity index (χ0) is 37.5. The molecule has 0 spiro atoms. The highest BCUT2D eigenvalue weighted by atomic mass is 32.3. The number of nitrogens with two attached hydrogens (primary N) is 2. The third-order valence-electron chi connectivity index (χ3n) is 5.61. The molecule has 0 bridgehead atoms. The second-order valence-electron chi connectivity index (χ2n) is 9.61. The summed E-state index contributed by atoms with van der Waals surface area (Å²) in [6.45, 7) is 1.41. The molecule has 0 fully saturated rings. The fourth-order valence-corrected chi connectivity index (χ4v) is 6.92. The van der Waals surface area contributed by atoms with Gasteiger partial charge in [0.2, 0.25) is 5.91 Å². The zero-order valence-electron chi connectivity index (χ0n) is 26.3. The van der Waals surface area contributed by atoms with Gasteiger partial charge in [-0.1, -0.05) is 7.43 Å². The van der Waals surface area contributed by atoms with E-state index in [1.54, 1.807) is 0 Å². The molecule has 0 aromatic heterocycles. The first-order chi connectivity index (χ1) is 22.6. The van der Waals surface area contributed by atoms with E-state index in [2.05, 4.69) is 14.2 Å². The van der Waals surface area contributed by atoms with Gasteiger partial charge >= 0.3 is 16.4 Å². The Balaban J connectivity index is 0.000000714. The number of aliphatic hydroxyl groups excluding tert-OH is 1. The summed E-state index contributed by atoms with van der Waals surface area (Å²) < 4.78 is 107. The van der Waals surface area contributed by atoms with Crippen LogP contribution in [0.5, 0.6) is 0 Å². The molecule has 0 heterocycles. The number of hydrogen-bond acceptors (Lipinski definition) is 15. The first kappa shape index (κ1) is 45.9. The monoisotopic (exact) mass is 783 g/mol. The molecule has 3 aromatic rings. The molecule has 0 aliphatic carbocycles. The SMILES string of the molecule is C.CC(=O)Nc1ccc(S(=O)(=O)CCO)cc1.CC(=O)OCCS(=O)(=O)c1ccc(N)cc1.Nc1ccc(S(=O)(=O)CCOS(=O)(=O)O)cc1. The molecule has 280 valence electrons. The van der Waals surface area contributed by atoms with Crippen LogP contribution in [0.15, 0.2) is 87.5 Å². The Morgan fingerprint density at radius 1 is 0.640 bits per heavy atom. The van der Waals surface area contributed by atoms with E-state index in [0.717, 1.165) is 0 Å². The Bertz CT molecular complexity index is 1970. The summed E-state index contributed by atoms with van der Waals surface area (Å²) in [5.74, 6) is -1.79. The van der Waals surface area contributed by atoms with Gasteiger partial charge in [-0.25, -0.2) is 29.4 Å². The highest BCUT2D eigenvalue weighted by molar-refractivity contribution is 7.92. The lowest BCUT2D eigenvalue weighted by Gasteiger charge is -2.04. The Hall–Kier alpha value is -4.12. The van der Waals surface area contributed by atoms with Gasteiger partial charge in [-0.05, 0) is 72.8 Å². The molecule has 0 aliphatic heterocycles. The Labute approximate surface area is 292 Å². The van der Waals surface area contributed by atoms with E-state index in [1.807, 2.05) is 0 Å². The number of carbonyl (C=O) groups is 2. The number of nitrogens with one attached hydrogen (secondary N) is 1. The van der Waals surface area contributed by atoms with E-state index >= 15 is 0 Å². The van der Waals surface area contributed by atoms with Crippen molar-refractivity contribution in [2.75, 3.05) is 53.9 Å². The first-order valence-corrected chi connectivity index (χ1v) is 20.0. The highest BCUT2D eigenvalue weighted by Crippen LogP contribution is 2.16. The first-order valence-electron chi connectivity index (χ1n) is 13.7. The van der Waals surface area contributed by atoms with Crippen molar-refractivity contribution in [3.63, 3.8) is 0 Å². The Morgan fingerprint density at radius 2 is 1.00 bits per heavy atom. The van der Waals surface area contributed by atoms with Crippen LogP contribution in [0, 0.1) is 0 Å². The fraction of sp³-hybridized carbons (Fsp3) is 0.310. The van der Waals surface area contributed by atoms with Crippen LogP contribution in [-0.2, 0) is 58.4 Å². The van der Waals surface area contributed by atoms with Crippen LogP contribution in [0.3, 0.4) is 0 Å². The fourth-order valence-electron chi connectivity index (χ4n) is 3.32. The molecular weight excluding hydrogens is 743 g/mol. The van der Waals surface area contributed by atoms with E-state index in [-0.39, 0.29) is 46.1 Å². The second kappa shape index (κ2) is 20.5. The van der Waals surface area contributed by atoms with E-state index in [4.69, 9.17) is 21.1 Å². The van der Waals surface area contributed by atoms with Crippen LogP contribution in [-0.4, -0.2) is 92.3 Å². The largest absolute Gasteiger partial charge is 0.465 e. The van der Waals surface area contributed by atoms with Crippen molar-refractivity contribution < 1.29 is 61.8 Å². The minimum absolute atomic E-state index is 0. The normalized spacial score (nSPS) is 11.4. The van der Waals surface area contributed by atoms with Crippen LogP contribution < -0.4 is 16.8 Å². The van der Waals surface area contributed by atoms with Crippen LogP contribution in [0.2, 0.25) is 0 Å². The van der Waals surface area contributed by atoms with Gasteiger partial charge in [-0.3, -0.25) is 14.1 Å². The van der Waals surface area contributed by atoms with Crippen molar-refractivity contribution in [3.8, 4) is 0 Å². The molecule has 17 nitrogen and oxygen atoms in total. The maximum absolute atomic E-state index is 11.7. The number of benzene rings is 3. The zero-order valence-corrected chi connectivity index (χ0v) is 29.5. The predicted molar refractivity (Wildman–Crippen MR) is 187 cm³/mol. The summed E-state index contributed by atoms with van der Waals surface area (Å²) >= 11 is 0. The summed E-state index contributed by atoms with van der Waals surface area (Å²) in [5, 5.41) is 11.1. The third kappa shape index (κ3) is 18.0. The molecule has 0 atom stereocenters. The summed E-state index contributed by atoms with van der Waals surface area (Å²) in [4.78, 5) is 21.5. The number of carbonyl (C=O) groups excluding carboxylic acids is 2. The molecule has 0 radical (unpaired) electrons. The molecule has 3 aromatic carbocycles. The number of esters is 1. The van der Waals surface area contributed by atoms with Gasteiger partial charge in [0.05, 0.1) is 45.2 Å². The number of amides is 1. The lowest BCUT2D eigenvalue weighted by Crippen LogP contribution is -2.15. The molecule has 50 heavy (non-hydrogen) atoms. The van der Waals surface area contributed by atoms with E-state index < -0.39 is 64.8 Å². The van der Waals surface area contributed by atoms with Crippen LogP contribution >= 0.6 is 0 Å². The van der Waals surface area contributed by atoms with Gasteiger partial charge in [0.1, 0.15) is 6.61 Å². The summed E-state index contributed by atoms with van der Waals surface area (Å²) in [6.07, 6.45) is 0. The van der Waals surface area contributed by atoms with E-state index in [1.165, 1.54) is 86.6 Å². The number of sulfone groups is 3. The molecule has 1 amide bonds. The molecule has 21 heteroatoms. The molecule has 0 aliphatic rings. The van der Waals surface area contributed by atoms with E-state index in [9.17, 15) is 43.3 Å². The van der Waals surface area contributed by atoms with Gasteiger partial charge in [0.15, 0.2) is 29.5 Å². The standard InChI is InChI=1S/2C10H13NO4S.C8H11NO6S2.CH4/c1-8(12)15-6-7-16(13,14)10-4-2-9(11)3-5-10;1-8(13)11-9-2-4-10(5-3-9)16(14,15)7-6-12;9-7-1-3-8(4-2-7)16(10,11)6-5-15-17(12,13)14;/h2-5H,6-7,11H2,1H3;2-5,12H,6-7H2,1H3,(H,11,13);1-4H,5-6,9H2,(H,12,13,14);1H4. The Morgan fingerprint density at radius 3 is 1.34 bits per heavy atom. The highest BCUT2D eigenvalue weighted by Gasteiger charge is 2.17. The predicted octanol–water partition coefficient (Wildman–Crippen LogP) is 1.51. The average Bonchev–Trinajstić information content (AvgIpc) is 2.97. The molecule has 3 rings (SSSR count). The third-order valence-corrected chi connectivity index (χ3v) is 11.2. The molecule has 0 saturated carbocycles. The van der Waals surface area contributed by atoms with Crippen molar-refractivity contribution in [3.05, 3.63) is 72.8 Å². The maximum atomic E-state index is 11.7. The molecule has 0 unspecified atom stereocenters. The average molecular weight is 784 g/mol. The number of ether oxygens (including phenoxy) is 1. The second-order valence-corrected chi connectivity index (χ2v) is 17.0. The van der Waals surface area contributed by atoms with Gasteiger partial charge in [0.25, 0.3) is 0 Å². The van der Waals surface area contributed by atoms with Crippen molar-refractivity contribution in [2.45, 2.75) is 36.0 Å². The molecular formula is C29H41N3O14S4. The topological polar surface area (TPSA) is 294 Å². The van der Waals surface area contributed by atoms with Gasteiger partial charge < -0.3 is 26.6 Å². The number of rotatable bonds is 13. The van der Waals surface area contributed by atoms with Gasteiger partial charge in [-0.15, -0.1) is 0 Å². The van der Waals surface area contributed by atoms with Gasteiger partial charge in [0, 0.05) is 30.9 Å². The number of nitrogen functional groups attached to an aromatic ring is 2. The smallest absolute Gasteiger partial charge is 0.397 e. The quantitative estimate of drug-likeness (QED) is 0.0932. The summed E-state index contributed by atoms with van der Waals surface area (Å²) in [6, 6.07) is 17.1. The maximum Gasteiger partial charge on any atom is 0.397 e. The lowest BCUT2D eigenvalue weighted by molar-refractivity contribution is -0.140. The Kier molecular flexibility index (Phi) is 18.8. The number of aliphatic hydroxyl groups is 1. The van der Waals surface area contributed by atoms with Crippen molar-refractivity contribution in [1.29, 1.82) is 0 Å². The molecule has 7 N–H and O–H groups in total. The lowest BCUT2D eigenvalue weighted by atomic mass is 10.3. The van der Waals surface area contributed by atoms with Crippen LogP contribution in [0.25, 0.3) is 0 Å². The number of anilines is 3. The summed E-state index contributed by atoms with van der Waals surface area (Å²) in [7, 11) is -15.1. The minimum atomic E-state index is -4.62. The van der Waals surface area contributed by atoms with Crippen LogP contribution in [0.1, 0.15) is 21.3 Å². The van der Waals surface area contributed by atoms with Crippen molar-refractivity contribution in [1.82, 2.24) is 0 Å². The minimum Gasteiger partial charge on any atom is -0.465 e. The molecule has 0 saturated heterocycles. The van der Waals surface area contributed by atoms with Crippen molar-refractivity contribution in [2.24, 2.45) is 0 Å². The van der Waals surface area contributed by atoms with Gasteiger partial charge in [-0.2, -0.15) is 8.42 Å². The van der Waals surface area contributed by atoms with Crippen molar-refractivity contribution >= 4 is 68.8 Å². The number of hydrogen-bond donors (Lipinski definition) is 5.